The predicted molar refractivity (Wildman–Crippen MR) is 149 cm³/mol. The van der Waals surface area contributed by atoms with Gasteiger partial charge in [0.15, 0.2) is 5.76 Å². The lowest BCUT2D eigenvalue weighted by molar-refractivity contribution is -0.119. The highest BCUT2D eigenvalue weighted by molar-refractivity contribution is 6.39. The quantitative estimate of drug-likeness (QED) is 0.317. The molecule has 3 aromatic heterocycles. The molecule has 1 spiro atoms. The summed E-state index contributed by atoms with van der Waals surface area (Å²) in [6, 6.07) is 3.32. The molecule has 5 heterocycles. The Balaban J connectivity index is 1.33. The number of carbonyl (C=O) groups is 2. The van der Waals surface area contributed by atoms with Gasteiger partial charge >= 0.3 is 0 Å². The van der Waals surface area contributed by atoms with E-state index in [1.165, 1.54) is 0 Å². The van der Waals surface area contributed by atoms with Gasteiger partial charge in [0.05, 0.1) is 30.6 Å². The van der Waals surface area contributed by atoms with Gasteiger partial charge < -0.3 is 24.6 Å². The molecule has 0 aliphatic carbocycles. The molecule has 0 aromatic carbocycles. The fourth-order valence-electron chi connectivity index (χ4n) is 5.22. The van der Waals surface area contributed by atoms with Crippen molar-refractivity contribution in [2.75, 3.05) is 20.2 Å². The largest absolute Gasteiger partial charge is 0.480 e. The number of aromatic nitrogens is 3. The summed E-state index contributed by atoms with van der Waals surface area (Å²) < 4.78 is 11.7. The van der Waals surface area contributed by atoms with Crippen molar-refractivity contribution < 1.29 is 23.6 Å². The van der Waals surface area contributed by atoms with Crippen LogP contribution < -0.4 is 15.4 Å². The van der Waals surface area contributed by atoms with Crippen LogP contribution in [0.3, 0.4) is 0 Å². The molecule has 1 saturated heterocycles. The number of carbonyl (C=O) groups excluding carboxylic acids is 2. The molecule has 0 unspecified atom stereocenters. The van der Waals surface area contributed by atoms with Crippen molar-refractivity contribution in [1.29, 1.82) is 0 Å². The zero-order valence-corrected chi connectivity index (χ0v) is 23.1. The molecule has 11 nitrogen and oxygen atoms in total. The number of hydrogen-bond donors (Lipinski definition) is 2. The number of Topliss-reactive ketones (excluding diaryl/α,β-unsaturated/α-hetero) is 1. The lowest BCUT2D eigenvalue weighted by Crippen LogP contribution is -2.43. The summed E-state index contributed by atoms with van der Waals surface area (Å²) in [4.78, 5) is 44.0. The first-order valence-corrected chi connectivity index (χ1v) is 14.0. The van der Waals surface area contributed by atoms with Crippen LogP contribution in [0.15, 0.2) is 40.3 Å². The van der Waals surface area contributed by atoms with E-state index in [4.69, 9.17) is 14.0 Å². The maximum absolute atomic E-state index is 13.3. The minimum Gasteiger partial charge on any atom is -0.480 e. The molecule has 212 valence electrons. The molecule has 2 aliphatic heterocycles. The molecule has 5 rings (SSSR count). The number of ether oxygens (including phenoxy) is 1. The second kappa shape index (κ2) is 12.5. The van der Waals surface area contributed by atoms with Crippen molar-refractivity contribution in [3.05, 3.63) is 36.6 Å². The Kier molecular flexibility index (Phi) is 8.69. The minimum atomic E-state index is -0.473. The lowest BCUT2D eigenvalue weighted by Gasteiger charge is -2.30. The zero-order chi connectivity index (χ0) is 28.0. The number of oxime groups is 1. The fourth-order valence-corrected chi connectivity index (χ4v) is 5.22. The Bertz CT molecular complexity index is 1380. The van der Waals surface area contributed by atoms with Crippen LogP contribution >= 0.6 is 0 Å². The number of rotatable bonds is 12. The summed E-state index contributed by atoms with van der Waals surface area (Å²) in [7, 11) is 1.55. The highest BCUT2D eigenvalue weighted by atomic mass is 16.7. The van der Waals surface area contributed by atoms with Gasteiger partial charge in [-0.1, -0.05) is 24.9 Å². The lowest BCUT2D eigenvalue weighted by atomic mass is 9.87. The van der Waals surface area contributed by atoms with Crippen LogP contribution in [-0.2, 0) is 14.4 Å². The number of oxazole rings is 1. The van der Waals surface area contributed by atoms with Crippen molar-refractivity contribution in [2.24, 2.45) is 5.16 Å². The zero-order valence-electron chi connectivity index (χ0n) is 23.1. The molecule has 1 atom stereocenters. The smallest absolute Gasteiger partial charge is 0.269 e. The van der Waals surface area contributed by atoms with Gasteiger partial charge in [-0.3, -0.25) is 14.6 Å². The third-order valence-corrected chi connectivity index (χ3v) is 7.63. The first-order chi connectivity index (χ1) is 19.5. The van der Waals surface area contributed by atoms with Crippen LogP contribution in [0.4, 0.5) is 0 Å². The Labute approximate surface area is 233 Å². The maximum Gasteiger partial charge on any atom is 0.269 e. The highest BCUT2D eigenvalue weighted by Gasteiger charge is 2.42. The van der Waals surface area contributed by atoms with Gasteiger partial charge in [-0.25, -0.2) is 9.97 Å². The molecule has 0 saturated carbocycles. The molecule has 0 radical (unpaired) electrons. The summed E-state index contributed by atoms with van der Waals surface area (Å²) in [6.45, 7) is 3.57. The molecule has 3 aromatic rings. The van der Waals surface area contributed by atoms with E-state index in [2.05, 4.69) is 30.7 Å². The molecular formula is C29H36N6O5. The fraction of sp³-hybridized carbons (Fsp3) is 0.517. The first kappa shape index (κ1) is 27.7. The summed E-state index contributed by atoms with van der Waals surface area (Å²) in [5, 5.41) is 11.5. The van der Waals surface area contributed by atoms with Gasteiger partial charge in [0.1, 0.15) is 23.1 Å². The molecular weight excluding hydrogens is 512 g/mol. The minimum absolute atomic E-state index is 0.266. The van der Waals surface area contributed by atoms with E-state index in [1.807, 2.05) is 19.1 Å². The van der Waals surface area contributed by atoms with Crippen LogP contribution in [-0.4, -0.2) is 58.2 Å². The van der Waals surface area contributed by atoms with Crippen molar-refractivity contribution in [1.82, 2.24) is 25.6 Å². The molecule has 11 heteroatoms. The van der Waals surface area contributed by atoms with Crippen LogP contribution in [0, 0.1) is 0 Å². The normalized spacial score (nSPS) is 16.9. The molecule has 1 amide bonds. The van der Waals surface area contributed by atoms with Crippen LogP contribution in [0.25, 0.3) is 22.2 Å². The highest BCUT2D eigenvalue weighted by Crippen LogP contribution is 2.35. The average molecular weight is 549 g/mol. The summed E-state index contributed by atoms with van der Waals surface area (Å²) in [6.07, 6.45) is 11.3. The molecule has 2 aliphatic rings. The number of methoxy groups -OCH3 is 1. The average Bonchev–Trinajstić information content (AvgIpc) is 3.64. The monoisotopic (exact) mass is 548 g/mol. The summed E-state index contributed by atoms with van der Waals surface area (Å²) >= 11 is 0. The number of piperidine rings is 1. The molecule has 2 N–H and O–H groups in total. The molecule has 0 bridgehead atoms. The van der Waals surface area contributed by atoms with Crippen LogP contribution in [0.2, 0.25) is 0 Å². The Morgan fingerprint density at radius 2 is 2.05 bits per heavy atom. The van der Waals surface area contributed by atoms with E-state index in [0.29, 0.717) is 60.0 Å². The van der Waals surface area contributed by atoms with E-state index < -0.39 is 11.6 Å². The third-order valence-electron chi connectivity index (χ3n) is 7.63. The standard InChI is InChI=1S/C29H36N6O5/c1-3-20(36)7-5-4-6-8-22(33-26(37)23-16-29(40-35-23)10-13-30-14-11-29)28-32-18-25(39-28)21-15-19-9-12-31-17-24(19)34-27(21)38-2/h9,12,15,17-18,22,30H,3-8,10-11,13-14,16H2,1-2H3,(H,33,37)/t22-/m0/s1. The predicted octanol–water partition coefficient (Wildman–Crippen LogP) is 4.28. The second-order valence-electron chi connectivity index (χ2n) is 10.4. The van der Waals surface area contributed by atoms with Crippen molar-refractivity contribution in [2.45, 2.75) is 76.4 Å². The van der Waals surface area contributed by atoms with Gasteiger partial charge in [0.25, 0.3) is 5.91 Å². The van der Waals surface area contributed by atoms with E-state index >= 15 is 0 Å². The number of pyridine rings is 2. The van der Waals surface area contributed by atoms with Crippen molar-refractivity contribution in [3.63, 3.8) is 0 Å². The van der Waals surface area contributed by atoms with Gasteiger partial charge in [-0.05, 0) is 38.1 Å². The second-order valence-corrected chi connectivity index (χ2v) is 10.4. The maximum atomic E-state index is 13.3. The van der Waals surface area contributed by atoms with Gasteiger partial charge in [0.2, 0.25) is 11.8 Å². The number of nitrogens with zero attached hydrogens (tertiary/aromatic N) is 4. The van der Waals surface area contributed by atoms with E-state index in [9.17, 15) is 9.59 Å². The topological polar surface area (TPSA) is 141 Å². The summed E-state index contributed by atoms with van der Waals surface area (Å²) in [5.74, 6) is 1.26. The van der Waals surface area contributed by atoms with E-state index in [-0.39, 0.29) is 11.7 Å². The van der Waals surface area contributed by atoms with Gasteiger partial charge in [-0.2, -0.15) is 0 Å². The Morgan fingerprint density at radius 3 is 2.85 bits per heavy atom. The van der Waals surface area contributed by atoms with Crippen molar-refractivity contribution in [3.8, 4) is 17.2 Å². The van der Waals surface area contributed by atoms with E-state index in [0.717, 1.165) is 50.6 Å². The third kappa shape index (κ3) is 6.30. The van der Waals surface area contributed by atoms with Crippen LogP contribution in [0.5, 0.6) is 5.88 Å². The Morgan fingerprint density at radius 1 is 1.20 bits per heavy atom. The molecule has 40 heavy (non-hydrogen) atoms. The van der Waals surface area contributed by atoms with E-state index in [1.54, 1.807) is 25.7 Å². The number of amides is 1. The van der Waals surface area contributed by atoms with Gasteiger partial charge in [0, 0.05) is 43.7 Å². The number of unbranched alkanes of at least 4 members (excludes halogenated alkanes) is 2. The number of nitrogens with one attached hydrogen (secondary N) is 2. The molecule has 1 fully saturated rings. The Hall–Kier alpha value is -3.86. The van der Waals surface area contributed by atoms with Gasteiger partial charge in [-0.15, -0.1) is 0 Å². The number of ketones is 1. The van der Waals surface area contributed by atoms with Crippen molar-refractivity contribution >= 4 is 28.3 Å². The number of hydrogen-bond acceptors (Lipinski definition) is 10. The first-order valence-electron chi connectivity index (χ1n) is 14.0. The van der Waals surface area contributed by atoms with Crippen LogP contribution in [0.1, 0.15) is 76.6 Å². The SMILES string of the molecule is CCC(=O)CCCCC[C@H](NC(=O)C1=NOC2(CCNCC2)C1)c1ncc(-c2cc3ccncc3nc2OC)o1. The number of fused-ring (bicyclic) bond motifs is 1. The summed E-state index contributed by atoms with van der Waals surface area (Å²) in [5.41, 5.74) is 1.36.